The molecule has 0 bridgehead atoms. The molecule has 0 spiro atoms. The monoisotopic (exact) mass is 414 g/mol. The molecule has 0 unspecified atom stereocenters. The third-order valence-electron chi connectivity index (χ3n) is 6.87. The smallest absolute Gasteiger partial charge is 0.134 e. The van der Waals surface area contributed by atoms with Gasteiger partial charge < -0.3 is 4.42 Å². The molecule has 4 aromatic carbocycles. The lowest BCUT2D eigenvalue weighted by Crippen LogP contribution is -1.90. The average molecular weight is 415 g/mol. The van der Waals surface area contributed by atoms with Crippen LogP contribution in [0.15, 0.2) is 77.2 Å². The average Bonchev–Trinajstić information content (AvgIpc) is 3.31. The van der Waals surface area contributed by atoms with Crippen molar-refractivity contribution in [3.05, 3.63) is 106 Å². The van der Waals surface area contributed by atoms with Gasteiger partial charge in [0.1, 0.15) is 11.5 Å². The van der Waals surface area contributed by atoms with Gasteiger partial charge in [0.2, 0.25) is 0 Å². The Labute approximate surface area is 189 Å². The van der Waals surface area contributed by atoms with Crippen LogP contribution in [0.5, 0.6) is 0 Å². The summed E-state index contributed by atoms with van der Waals surface area (Å²) >= 11 is 0. The zero-order valence-electron chi connectivity index (χ0n) is 19.0. The summed E-state index contributed by atoms with van der Waals surface area (Å²) in [6, 6.07) is 27.1. The van der Waals surface area contributed by atoms with Crippen molar-refractivity contribution in [1.82, 2.24) is 0 Å². The molecule has 0 saturated heterocycles. The van der Waals surface area contributed by atoms with Crippen molar-refractivity contribution in [3.8, 4) is 33.6 Å². The molecule has 1 aromatic heterocycles. The van der Waals surface area contributed by atoms with Gasteiger partial charge in [0.05, 0.1) is 0 Å². The number of hydrogen-bond acceptors (Lipinski definition) is 1. The first-order valence-corrected chi connectivity index (χ1v) is 11.3. The maximum absolute atomic E-state index is 6.03. The molecule has 6 rings (SSSR count). The lowest BCUT2D eigenvalue weighted by Gasteiger charge is -2.14. The Morgan fingerprint density at radius 1 is 0.625 bits per heavy atom. The minimum atomic E-state index is 0.951. The Bertz CT molecular complexity index is 1490. The summed E-state index contributed by atoms with van der Waals surface area (Å²) in [5.41, 5.74) is 13.1. The van der Waals surface area contributed by atoms with Crippen LogP contribution < -0.4 is 0 Å². The number of furan rings is 1. The molecular formula is C31H26O. The molecule has 0 N–H and O–H groups in total. The second-order valence-electron chi connectivity index (χ2n) is 9.28. The van der Waals surface area contributed by atoms with Gasteiger partial charge in [-0.3, -0.25) is 0 Å². The summed E-state index contributed by atoms with van der Waals surface area (Å²) in [6.45, 7) is 8.50. The quantitative estimate of drug-likeness (QED) is 0.276. The molecule has 0 amide bonds. The number of hydrogen-bond donors (Lipinski definition) is 0. The number of rotatable bonds is 2. The van der Waals surface area contributed by atoms with Crippen LogP contribution in [-0.2, 0) is 6.42 Å². The topological polar surface area (TPSA) is 13.1 Å². The highest BCUT2D eigenvalue weighted by atomic mass is 16.3. The Morgan fingerprint density at radius 2 is 1.38 bits per heavy atom. The minimum absolute atomic E-state index is 0.951. The third kappa shape index (κ3) is 2.92. The van der Waals surface area contributed by atoms with E-state index >= 15 is 0 Å². The summed E-state index contributed by atoms with van der Waals surface area (Å²) in [4.78, 5) is 0. The largest absolute Gasteiger partial charge is 0.461 e. The van der Waals surface area contributed by atoms with E-state index in [1.165, 1.54) is 60.8 Å². The van der Waals surface area contributed by atoms with Crippen LogP contribution in [0.3, 0.4) is 0 Å². The van der Waals surface area contributed by atoms with Gasteiger partial charge in [-0.2, -0.15) is 0 Å². The molecule has 1 aliphatic carbocycles. The third-order valence-corrected chi connectivity index (χ3v) is 6.87. The predicted molar refractivity (Wildman–Crippen MR) is 134 cm³/mol. The van der Waals surface area contributed by atoms with Crippen molar-refractivity contribution >= 4 is 10.8 Å². The van der Waals surface area contributed by atoms with E-state index in [0.29, 0.717) is 0 Å². The summed E-state index contributed by atoms with van der Waals surface area (Å²) in [7, 11) is 0. The van der Waals surface area contributed by atoms with Crippen molar-refractivity contribution in [2.75, 3.05) is 0 Å². The molecule has 0 fully saturated rings. The van der Waals surface area contributed by atoms with E-state index in [9.17, 15) is 0 Å². The fraction of sp³-hybridized carbons (Fsp3) is 0.161. The van der Waals surface area contributed by atoms with Crippen molar-refractivity contribution in [2.45, 2.75) is 34.1 Å². The zero-order valence-corrected chi connectivity index (χ0v) is 19.0. The van der Waals surface area contributed by atoms with Gasteiger partial charge >= 0.3 is 0 Å². The molecule has 0 radical (unpaired) electrons. The van der Waals surface area contributed by atoms with Crippen LogP contribution in [0.1, 0.15) is 33.6 Å². The normalized spacial score (nSPS) is 12.2. The highest BCUT2D eigenvalue weighted by Crippen LogP contribution is 2.46. The van der Waals surface area contributed by atoms with Crippen LogP contribution in [0.25, 0.3) is 44.3 Å². The molecule has 1 heteroatoms. The SMILES string of the molecule is Cc1cc(C)cc(-c2cc3c(c4ccccc24)-c2cc(-c4cc(C)c(C)o4)ccc2C3)c1. The fourth-order valence-electron chi connectivity index (χ4n) is 5.30. The lowest BCUT2D eigenvalue weighted by atomic mass is 9.90. The van der Waals surface area contributed by atoms with Gasteiger partial charge in [-0.15, -0.1) is 0 Å². The van der Waals surface area contributed by atoms with E-state index < -0.39 is 0 Å². The summed E-state index contributed by atoms with van der Waals surface area (Å²) in [6.07, 6.45) is 0.976. The van der Waals surface area contributed by atoms with Crippen LogP contribution >= 0.6 is 0 Å². The van der Waals surface area contributed by atoms with E-state index in [4.69, 9.17) is 4.42 Å². The second-order valence-corrected chi connectivity index (χ2v) is 9.28. The maximum Gasteiger partial charge on any atom is 0.134 e. The van der Waals surface area contributed by atoms with Crippen molar-refractivity contribution in [3.63, 3.8) is 0 Å². The number of fused-ring (bicyclic) bond motifs is 5. The highest BCUT2D eigenvalue weighted by molar-refractivity contribution is 6.08. The Balaban J connectivity index is 1.59. The van der Waals surface area contributed by atoms with Crippen LogP contribution in [0.2, 0.25) is 0 Å². The number of benzene rings is 4. The van der Waals surface area contributed by atoms with Gasteiger partial charge in [-0.25, -0.2) is 0 Å². The minimum Gasteiger partial charge on any atom is -0.461 e. The summed E-state index contributed by atoms with van der Waals surface area (Å²) in [5.74, 6) is 1.94. The molecular weight excluding hydrogens is 388 g/mol. The molecule has 5 aromatic rings. The first kappa shape index (κ1) is 19.1. The summed E-state index contributed by atoms with van der Waals surface area (Å²) in [5, 5.41) is 2.65. The Morgan fingerprint density at radius 3 is 2.09 bits per heavy atom. The van der Waals surface area contributed by atoms with E-state index in [2.05, 4.69) is 93.6 Å². The first-order valence-electron chi connectivity index (χ1n) is 11.3. The molecule has 0 saturated carbocycles. The van der Waals surface area contributed by atoms with E-state index in [0.717, 1.165) is 23.5 Å². The molecule has 1 aliphatic rings. The molecule has 1 heterocycles. The zero-order chi connectivity index (χ0) is 22.0. The predicted octanol–water partition coefficient (Wildman–Crippen LogP) is 8.57. The van der Waals surface area contributed by atoms with E-state index in [-0.39, 0.29) is 0 Å². The molecule has 1 nitrogen and oxygen atoms in total. The van der Waals surface area contributed by atoms with Crippen LogP contribution in [0, 0.1) is 27.7 Å². The standard InChI is InChI=1S/C31H26O/c1-18-11-19(2)13-24(12-18)28-17-25-15-22-9-10-23(30-14-20(3)21(4)32-30)16-29(22)31(25)27-8-6-5-7-26(27)28/h5-14,16-17H,15H2,1-4H3. The van der Waals surface area contributed by atoms with Gasteiger partial charge in [0, 0.05) is 5.56 Å². The molecule has 156 valence electrons. The number of aryl methyl sites for hydroxylation is 4. The van der Waals surface area contributed by atoms with Crippen LogP contribution in [0.4, 0.5) is 0 Å². The lowest BCUT2D eigenvalue weighted by molar-refractivity contribution is 0.545. The first-order chi connectivity index (χ1) is 15.5. The molecule has 32 heavy (non-hydrogen) atoms. The fourth-order valence-corrected chi connectivity index (χ4v) is 5.30. The van der Waals surface area contributed by atoms with E-state index in [1.54, 1.807) is 0 Å². The van der Waals surface area contributed by atoms with Crippen LogP contribution in [-0.4, -0.2) is 0 Å². The van der Waals surface area contributed by atoms with Gasteiger partial charge in [0.15, 0.2) is 0 Å². The summed E-state index contributed by atoms with van der Waals surface area (Å²) < 4.78 is 6.03. The van der Waals surface area contributed by atoms with Gasteiger partial charge in [-0.1, -0.05) is 65.7 Å². The van der Waals surface area contributed by atoms with Crippen molar-refractivity contribution in [2.24, 2.45) is 0 Å². The second kappa shape index (κ2) is 6.97. The van der Waals surface area contributed by atoms with Crippen molar-refractivity contribution < 1.29 is 4.42 Å². The van der Waals surface area contributed by atoms with Gasteiger partial charge in [0.25, 0.3) is 0 Å². The van der Waals surface area contributed by atoms with E-state index in [1.807, 2.05) is 6.92 Å². The maximum atomic E-state index is 6.03. The Hall–Kier alpha value is -3.58. The molecule has 0 atom stereocenters. The van der Waals surface area contributed by atoms with Crippen molar-refractivity contribution in [1.29, 1.82) is 0 Å². The highest BCUT2D eigenvalue weighted by Gasteiger charge is 2.24. The molecule has 0 aliphatic heterocycles. The Kier molecular flexibility index (Phi) is 4.16. The van der Waals surface area contributed by atoms with Gasteiger partial charge in [-0.05, 0) is 102 Å².